The van der Waals surface area contributed by atoms with E-state index in [1.807, 2.05) is 46.8 Å². The average Bonchev–Trinajstić information content (AvgIpc) is 2.10. The third-order valence-electron chi connectivity index (χ3n) is 2.25. The average molecular weight is 300 g/mol. The maximum atomic E-state index is 11.6. The summed E-state index contributed by atoms with van der Waals surface area (Å²) < 4.78 is 6.16. The molecule has 4 heteroatoms. The number of carbonyl (C=O) groups is 1. The molecule has 0 heterocycles. The number of amides is 1. The molecular weight excluding hydrogens is 282 g/mol. The van der Waals surface area contributed by atoms with E-state index in [0.29, 0.717) is 0 Å². The van der Waals surface area contributed by atoms with Crippen LogP contribution in [0, 0.1) is 13.8 Å². The zero-order valence-corrected chi connectivity index (χ0v) is 12.4. The van der Waals surface area contributed by atoms with E-state index >= 15 is 0 Å². The number of aryl methyl sites for hydroxylation is 1. The van der Waals surface area contributed by atoms with Crippen LogP contribution < -0.4 is 5.32 Å². The third-order valence-corrected chi connectivity index (χ3v) is 3.07. The number of rotatable bonds is 1. The molecule has 0 saturated heterocycles. The van der Waals surface area contributed by atoms with Crippen molar-refractivity contribution in [1.29, 1.82) is 0 Å². The van der Waals surface area contributed by atoms with Gasteiger partial charge in [0, 0.05) is 10.2 Å². The van der Waals surface area contributed by atoms with Gasteiger partial charge in [0.25, 0.3) is 0 Å². The first-order valence-electron chi connectivity index (χ1n) is 5.46. The van der Waals surface area contributed by atoms with Crippen molar-refractivity contribution in [1.82, 2.24) is 0 Å². The second kappa shape index (κ2) is 5.08. The Balaban J connectivity index is 2.79. The molecule has 0 aromatic heterocycles. The molecule has 3 nitrogen and oxygen atoms in total. The van der Waals surface area contributed by atoms with Crippen LogP contribution in [-0.4, -0.2) is 11.7 Å². The highest BCUT2D eigenvalue weighted by Gasteiger charge is 2.16. The van der Waals surface area contributed by atoms with Crippen molar-refractivity contribution in [2.75, 3.05) is 5.32 Å². The smallest absolute Gasteiger partial charge is 0.412 e. The number of anilines is 1. The van der Waals surface area contributed by atoms with Gasteiger partial charge in [0.2, 0.25) is 0 Å². The van der Waals surface area contributed by atoms with Gasteiger partial charge in [-0.2, -0.15) is 0 Å². The van der Waals surface area contributed by atoms with E-state index < -0.39 is 11.7 Å². The number of hydrogen-bond donors (Lipinski definition) is 1. The summed E-state index contributed by atoms with van der Waals surface area (Å²) in [5, 5.41) is 2.72. The molecule has 0 saturated carbocycles. The number of hydrogen-bond acceptors (Lipinski definition) is 2. The Labute approximate surface area is 111 Å². The van der Waals surface area contributed by atoms with E-state index in [2.05, 4.69) is 21.2 Å². The van der Waals surface area contributed by atoms with Crippen LogP contribution in [0.25, 0.3) is 0 Å². The highest BCUT2D eigenvalue weighted by molar-refractivity contribution is 9.10. The van der Waals surface area contributed by atoms with E-state index in [0.717, 1.165) is 15.7 Å². The summed E-state index contributed by atoms with van der Waals surface area (Å²) >= 11 is 3.46. The van der Waals surface area contributed by atoms with E-state index in [1.165, 1.54) is 5.56 Å². The first-order valence-corrected chi connectivity index (χ1v) is 6.25. The molecule has 1 rings (SSSR count). The summed E-state index contributed by atoms with van der Waals surface area (Å²) in [6.45, 7) is 9.53. The number of carbonyl (C=O) groups excluding carboxylic acids is 1. The third kappa shape index (κ3) is 4.38. The van der Waals surface area contributed by atoms with Crippen molar-refractivity contribution < 1.29 is 9.53 Å². The first kappa shape index (κ1) is 14.0. The van der Waals surface area contributed by atoms with Gasteiger partial charge in [-0.1, -0.05) is 15.9 Å². The summed E-state index contributed by atoms with van der Waals surface area (Å²) in [6.07, 6.45) is -0.437. The monoisotopic (exact) mass is 299 g/mol. The fourth-order valence-corrected chi connectivity index (χ4v) is 1.87. The molecule has 1 N–H and O–H groups in total. The van der Waals surface area contributed by atoms with Crippen molar-refractivity contribution in [2.45, 2.75) is 40.2 Å². The van der Waals surface area contributed by atoms with Gasteiger partial charge in [-0.25, -0.2) is 4.79 Å². The lowest BCUT2D eigenvalue weighted by molar-refractivity contribution is 0.0636. The highest BCUT2D eigenvalue weighted by Crippen LogP contribution is 2.24. The lowest BCUT2D eigenvalue weighted by Gasteiger charge is -2.20. The predicted octanol–water partition coefficient (Wildman–Crippen LogP) is 4.41. The van der Waals surface area contributed by atoms with Gasteiger partial charge in [-0.05, 0) is 57.9 Å². The Morgan fingerprint density at radius 2 is 1.88 bits per heavy atom. The van der Waals surface area contributed by atoms with Crippen LogP contribution in [0.4, 0.5) is 10.5 Å². The molecule has 1 amide bonds. The topological polar surface area (TPSA) is 38.3 Å². The Bertz CT molecular complexity index is 413. The molecule has 0 atom stereocenters. The summed E-state index contributed by atoms with van der Waals surface area (Å²) in [5.41, 5.74) is 2.53. The van der Waals surface area contributed by atoms with Crippen LogP contribution in [-0.2, 0) is 4.74 Å². The number of nitrogens with one attached hydrogen (secondary N) is 1. The Morgan fingerprint density at radius 1 is 1.29 bits per heavy atom. The van der Waals surface area contributed by atoms with Crippen LogP contribution >= 0.6 is 15.9 Å². The van der Waals surface area contributed by atoms with Crippen molar-refractivity contribution in [2.24, 2.45) is 0 Å². The summed E-state index contributed by atoms with van der Waals surface area (Å²) in [7, 11) is 0. The molecule has 1 aromatic carbocycles. The first-order chi connectivity index (χ1) is 7.69. The SMILES string of the molecule is Cc1cc(NC(=O)OC(C)(C)C)cc(Br)c1C. The molecule has 0 radical (unpaired) electrons. The lowest BCUT2D eigenvalue weighted by Crippen LogP contribution is -2.27. The zero-order valence-electron chi connectivity index (χ0n) is 10.8. The zero-order chi connectivity index (χ0) is 13.2. The van der Waals surface area contributed by atoms with Crippen LogP contribution in [0.1, 0.15) is 31.9 Å². The maximum absolute atomic E-state index is 11.6. The number of halogens is 1. The van der Waals surface area contributed by atoms with Crippen molar-refractivity contribution in [3.05, 3.63) is 27.7 Å². The van der Waals surface area contributed by atoms with Crippen molar-refractivity contribution in [3.8, 4) is 0 Å². The Hall–Kier alpha value is -1.03. The molecule has 1 aromatic rings. The highest BCUT2D eigenvalue weighted by atomic mass is 79.9. The fourth-order valence-electron chi connectivity index (χ4n) is 1.31. The largest absolute Gasteiger partial charge is 0.444 e. The lowest BCUT2D eigenvalue weighted by atomic mass is 10.1. The Kier molecular flexibility index (Phi) is 4.20. The second-order valence-electron chi connectivity index (χ2n) is 5.03. The van der Waals surface area contributed by atoms with Crippen molar-refractivity contribution in [3.63, 3.8) is 0 Å². The van der Waals surface area contributed by atoms with E-state index in [-0.39, 0.29) is 0 Å². The van der Waals surface area contributed by atoms with E-state index in [4.69, 9.17) is 4.74 Å². The van der Waals surface area contributed by atoms with Crippen molar-refractivity contribution >= 4 is 27.7 Å². The molecule has 0 bridgehead atoms. The molecule has 94 valence electrons. The molecule has 0 fully saturated rings. The summed E-state index contributed by atoms with van der Waals surface area (Å²) in [5.74, 6) is 0. The standard InChI is InChI=1S/C13H18BrNO2/c1-8-6-10(7-11(14)9(8)2)15-12(16)17-13(3,4)5/h6-7H,1-5H3,(H,15,16). The molecule has 0 spiro atoms. The van der Waals surface area contributed by atoms with Gasteiger partial charge < -0.3 is 4.74 Å². The van der Waals surface area contributed by atoms with Gasteiger partial charge in [-0.3, -0.25) is 5.32 Å². The number of benzene rings is 1. The van der Waals surface area contributed by atoms with E-state index in [1.54, 1.807) is 0 Å². The van der Waals surface area contributed by atoms with Gasteiger partial charge in [0.1, 0.15) is 5.60 Å². The van der Waals surface area contributed by atoms with Crippen LogP contribution in [0.3, 0.4) is 0 Å². The van der Waals surface area contributed by atoms with Gasteiger partial charge in [-0.15, -0.1) is 0 Å². The summed E-state index contributed by atoms with van der Waals surface area (Å²) in [4.78, 5) is 11.6. The molecular formula is C13H18BrNO2. The van der Waals surface area contributed by atoms with Crippen LogP contribution in [0.15, 0.2) is 16.6 Å². The van der Waals surface area contributed by atoms with Crippen LogP contribution in [0.5, 0.6) is 0 Å². The minimum Gasteiger partial charge on any atom is -0.444 e. The molecule has 0 aliphatic carbocycles. The summed E-state index contributed by atoms with van der Waals surface area (Å²) in [6, 6.07) is 3.79. The molecule has 0 aliphatic rings. The van der Waals surface area contributed by atoms with Gasteiger partial charge in [0.15, 0.2) is 0 Å². The van der Waals surface area contributed by atoms with E-state index in [9.17, 15) is 4.79 Å². The van der Waals surface area contributed by atoms with Crippen LogP contribution in [0.2, 0.25) is 0 Å². The number of ether oxygens (including phenoxy) is 1. The second-order valence-corrected chi connectivity index (χ2v) is 5.88. The normalized spacial score (nSPS) is 11.2. The Morgan fingerprint density at radius 3 is 2.35 bits per heavy atom. The fraction of sp³-hybridized carbons (Fsp3) is 0.462. The quantitative estimate of drug-likeness (QED) is 0.834. The molecule has 0 aliphatic heterocycles. The predicted molar refractivity (Wildman–Crippen MR) is 73.5 cm³/mol. The molecule has 17 heavy (non-hydrogen) atoms. The van der Waals surface area contributed by atoms with Gasteiger partial charge >= 0.3 is 6.09 Å². The maximum Gasteiger partial charge on any atom is 0.412 e. The minimum absolute atomic E-state index is 0.437. The van der Waals surface area contributed by atoms with Gasteiger partial charge in [0.05, 0.1) is 0 Å². The molecule has 0 unspecified atom stereocenters. The minimum atomic E-state index is -0.485.